The number of allylic oxidation sites excluding steroid dienone is 4. The maximum atomic E-state index is 5.38. The molecule has 0 unspecified atom stereocenters. The highest BCUT2D eigenvalue weighted by Gasteiger charge is 2.44. The van der Waals surface area contributed by atoms with Gasteiger partial charge < -0.3 is 13.3 Å². The quantitative estimate of drug-likeness (QED) is 0.646. The van der Waals surface area contributed by atoms with E-state index in [0.29, 0.717) is 0 Å². The van der Waals surface area contributed by atoms with Crippen molar-refractivity contribution in [2.75, 3.05) is 21.3 Å². The molecule has 74 valence electrons. The zero-order valence-electron chi connectivity index (χ0n) is 8.59. The van der Waals surface area contributed by atoms with Crippen LogP contribution >= 0.6 is 0 Å². The predicted molar refractivity (Wildman–Crippen MR) is 53.2 cm³/mol. The summed E-state index contributed by atoms with van der Waals surface area (Å²) in [6.07, 6.45) is 5.21. The van der Waals surface area contributed by atoms with Crippen LogP contribution in [0.2, 0.25) is 0 Å². The normalized spacial score (nSPS) is 17.2. The lowest BCUT2D eigenvalue weighted by Crippen LogP contribution is -2.45. The molecule has 4 heteroatoms. The lowest BCUT2D eigenvalue weighted by Gasteiger charge is -2.26. The summed E-state index contributed by atoms with van der Waals surface area (Å²) in [6.45, 7) is 2.05. The van der Waals surface area contributed by atoms with Crippen LogP contribution in [0.15, 0.2) is 22.9 Å². The SMILES string of the molecule is CO[Si](OC)(OC)C1=CCC=C1C. The maximum Gasteiger partial charge on any atom is 0.536 e. The summed E-state index contributed by atoms with van der Waals surface area (Å²) in [6, 6.07) is 0. The van der Waals surface area contributed by atoms with Crippen molar-refractivity contribution < 1.29 is 13.3 Å². The summed E-state index contributed by atoms with van der Waals surface area (Å²) >= 11 is 0. The van der Waals surface area contributed by atoms with Gasteiger partial charge in [-0.15, -0.1) is 0 Å². The van der Waals surface area contributed by atoms with Gasteiger partial charge in [0.15, 0.2) is 0 Å². The monoisotopic (exact) mass is 200 g/mol. The van der Waals surface area contributed by atoms with Crippen molar-refractivity contribution in [2.24, 2.45) is 0 Å². The van der Waals surface area contributed by atoms with Crippen LogP contribution < -0.4 is 0 Å². The second kappa shape index (κ2) is 4.19. The number of rotatable bonds is 4. The third-order valence-corrected chi connectivity index (χ3v) is 5.18. The lowest BCUT2D eigenvalue weighted by atomic mass is 10.3. The Balaban J connectivity index is 2.94. The van der Waals surface area contributed by atoms with Crippen LogP contribution in [-0.2, 0) is 13.3 Å². The van der Waals surface area contributed by atoms with Gasteiger partial charge in [-0.25, -0.2) is 0 Å². The smallest absolute Gasteiger partial charge is 0.373 e. The first-order valence-corrected chi connectivity index (χ1v) is 5.96. The largest absolute Gasteiger partial charge is 0.536 e. The Kier molecular flexibility index (Phi) is 3.44. The van der Waals surface area contributed by atoms with Crippen molar-refractivity contribution in [2.45, 2.75) is 13.3 Å². The summed E-state index contributed by atoms with van der Waals surface area (Å²) in [5.74, 6) is 0. The fraction of sp³-hybridized carbons (Fsp3) is 0.556. The first-order chi connectivity index (χ1) is 6.20. The second-order valence-electron chi connectivity index (χ2n) is 2.91. The summed E-state index contributed by atoms with van der Waals surface area (Å²) in [5.41, 5.74) is 1.21. The third-order valence-electron chi connectivity index (χ3n) is 2.31. The fourth-order valence-corrected chi connectivity index (χ4v) is 3.68. The van der Waals surface area contributed by atoms with Crippen molar-refractivity contribution in [3.63, 3.8) is 0 Å². The second-order valence-corrected chi connectivity index (χ2v) is 5.78. The van der Waals surface area contributed by atoms with Crippen LogP contribution in [0.1, 0.15) is 13.3 Å². The number of hydrogen-bond donors (Lipinski definition) is 0. The number of hydrogen-bond acceptors (Lipinski definition) is 3. The molecule has 0 fully saturated rings. The fourth-order valence-electron chi connectivity index (χ4n) is 1.57. The summed E-state index contributed by atoms with van der Waals surface area (Å²) in [7, 11) is 2.34. The van der Waals surface area contributed by atoms with Gasteiger partial charge in [0, 0.05) is 26.5 Å². The average Bonchev–Trinajstić information content (AvgIpc) is 2.57. The Morgan fingerprint density at radius 2 is 1.62 bits per heavy atom. The van der Waals surface area contributed by atoms with E-state index >= 15 is 0 Å². The molecule has 0 amide bonds. The highest BCUT2D eigenvalue weighted by Crippen LogP contribution is 2.29. The van der Waals surface area contributed by atoms with Gasteiger partial charge in [0.25, 0.3) is 0 Å². The highest BCUT2D eigenvalue weighted by atomic mass is 28.4. The molecule has 0 N–H and O–H groups in total. The van der Waals surface area contributed by atoms with E-state index in [9.17, 15) is 0 Å². The Morgan fingerprint density at radius 1 is 1.08 bits per heavy atom. The van der Waals surface area contributed by atoms with Gasteiger partial charge in [-0.05, 0) is 18.9 Å². The van der Waals surface area contributed by atoms with Crippen molar-refractivity contribution in [3.8, 4) is 0 Å². The third kappa shape index (κ3) is 1.76. The molecule has 0 spiro atoms. The van der Waals surface area contributed by atoms with Crippen molar-refractivity contribution in [3.05, 3.63) is 22.9 Å². The van der Waals surface area contributed by atoms with Crippen LogP contribution in [0, 0.1) is 0 Å². The molecule has 0 atom stereocenters. The van der Waals surface area contributed by atoms with E-state index in [1.54, 1.807) is 21.3 Å². The average molecular weight is 200 g/mol. The minimum Gasteiger partial charge on any atom is -0.373 e. The summed E-state index contributed by atoms with van der Waals surface area (Å²) < 4.78 is 16.1. The lowest BCUT2D eigenvalue weighted by molar-refractivity contribution is 0.135. The molecule has 1 aliphatic carbocycles. The van der Waals surface area contributed by atoms with E-state index in [0.717, 1.165) is 11.6 Å². The molecular weight excluding hydrogens is 184 g/mol. The predicted octanol–water partition coefficient (Wildman–Crippen LogP) is 1.68. The summed E-state index contributed by atoms with van der Waals surface area (Å²) in [5, 5.41) is 1.10. The zero-order chi connectivity index (χ0) is 9.90. The maximum absolute atomic E-state index is 5.38. The Hall–Kier alpha value is -0.423. The van der Waals surface area contributed by atoms with Crippen LogP contribution in [0.3, 0.4) is 0 Å². The molecule has 1 rings (SSSR count). The molecule has 1 aliphatic rings. The molecule has 0 aromatic heterocycles. The van der Waals surface area contributed by atoms with Gasteiger partial charge in [-0.3, -0.25) is 0 Å². The molecule has 0 radical (unpaired) electrons. The van der Waals surface area contributed by atoms with Crippen molar-refractivity contribution in [1.29, 1.82) is 0 Å². The van der Waals surface area contributed by atoms with Crippen LogP contribution in [0.25, 0.3) is 0 Å². The van der Waals surface area contributed by atoms with Gasteiger partial charge in [0.05, 0.1) is 0 Å². The van der Waals surface area contributed by atoms with E-state index in [1.807, 2.05) is 0 Å². The molecule has 0 heterocycles. The standard InChI is InChI=1S/C9H16O3Si/c1-8-6-5-7-9(8)13(10-2,11-3)12-4/h6-7H,5H2,1-4H3. The van der Waals surface area contributed by atoms with Gasteiger partial charge >= 0.3 is 8.80 Å². The van der Waals surface area contributed by atoms with Crippen LogP contribution in [0.4, 0.5) is 0 Å². The van der Waals surface area contributed by atoms with Gasteiger partial charge in [-0.1, -0.05) is 12.2 Å². The molecule has 0 aromatic carbocycles. The molecular formula is C9H16O3Si. The van der Waals surface area contributed by atoms with E-state index < -0.39 is 8.80 Å². The topological polar surface area (TPSA) is 27.7 Å². The van der Waals surface area contributed by atoms with Gasteiger partial charge in [0.2, 0.25) is 0 Å². The van der Waals surface area contributed by atoms with E-state index in [4.69, 9.17) is 13.3 Å². The molecule has 0 aliphatic heterocycles. The molecule has 3 nitrogen and oxygen atoms in total. The molecule has 0 bridgehead atoms. The van der Waals surface area contributed by atoms with Gasteiger partial charge in [0.1, 0.15) is 0 Å². The first-order valence-electron chi connectivity index (χ1n) is 4.23. The molecule has 13 heavy (non-hydrogen) atoms. The van der Waals surface area contributed by atoms with E-state index in [-0.39, 0.29) is 0 Å². The Morgan fingerprint density at radius 3 is 1.92 bits per heavy atom. The summed E-state index contributed by atoms with van der Waals surface area (Å²) in [4.78, 5) is 0. The van der Waals surface area contributed by atoms with Crippen molar-refractivity contribution >= 4 is 8.80 Å². The Labute approximate surface area is 80.4 Å². The van der Waals surface area contributed by atoms with Gasteiger partial charge in [-0.2, -0.15) is 0 Å². The van der Waals surface area contributed by atoms with Crippen LogP contribution in [0.5, 0.6) is 0 Å². The van der Waals surface area contributed by atoms with Crippen molar-refractivity contribution in [1.82, 2.24) is 0 Å². The van der Waals surface area contributed by atoms with E-state index in [2.05, 4.69) is 19.1 Å². The molecule has 0 saturated heterocycles. The first kappa shape index (κ1) is 10.7. The minimum atomic E-state index is -2.55. The Bertz CT molecular complexity index is 233. The molecule has 0 saturated carbocycles. The molecule has 0 aromatic rings. The highest BCUT2D eigenvalue weighted by molar-refractivity contribution is 6.70. The van der Waals surface area contributed by atoms with E-state index in [1.165, 1.54) is 5.57 Å². The minimum absolute atomic E-state index is 0.950. The van der Waals surface area contributed by atoms with Crippen LogP contribution in [-0.4, -0.2) is 30.1 Å². The zero-order valence-corrected chi connectivity index (χ0v) is 9.59.